The van der Waals surface area contributed by atoms with Crippen molar-refractivity contribution in [1.29, 1.82) is 0 Å². The van der Waals surface area contributed by atoms with Crippen LogP contribution in [0.25, 0.3) is 0 Å². The van der Waals surface area contributed by atoms with Crippen molar-refractivity contribution in [2.45, 2.75) is 98.0 Å². The highest BCUT2D eigenvalue weighted by molar-refractivity contribution is 4.90. The molecule has 1 spiro atoms. The van der Waals surface area contributed by atoms with Gasteiger partial charge in [-0.25, -0.2) is 0 Å². The molecule has 1 heterocycles. The third kappa shape index (κ3) is 5.81. The van der Waals surface area contributed by atoms with Gasteiger partial charge in [-0.3, -0.25) is 4.90 Å². The molecule has 0 radical (unpaired) electrons. The fourth-order valence-corrected chi connectivity index (χ4v) is 5.11. The zero-order chi connectivity index (χ0) is 19.4. The summed E-state index contributed by atoms with van der Waals surface area (Å²) in [5.41, 5.74) is 0.427. The van der Waals surface area contributed by atoms with E-state index in [-0.39, 0.29) is 11.9 Å². The molecule has 2 rings (SSSR count). The molecular weight excluding hydrogens is 322 g/mol. The standard InChI is InChI=1S/C23H43NO2/c1-8-14-24(19(4)5)15-11-21-17-25-23(26-21)12-9-20(10-13-23)22(6,7)16-18(2)3/h8,18-21H,1,9-17H2,2-7H3. The highest BCUT2D eigenvalue weighted by Crippen LogP contribution is 2.48. The van der Waals surface area contributed by atoms with Crippen LogP contribution in [0.3, 0.4) is 0 Å². The molecule has 1 unspecified atom stereocenters. The predicted molar refractivity (Wildman–Crippen MR) is 110 cm³/mol. The van der Waals surface area contributed by atoms with Gasteiger partial charge >= 0.3 is 0 Å². The van der Waals surface area contributed by atoms with Crippen molar-refractivity contribution in [3.8, 4) is 0 Å². The first-order chi connectivity index (χ1) is 12.2. The minimum atomic E-state index is -0.282. The lowest BCUT2D eigenvalue weighted by atomic mass is 9.66. The van der Waals surface area contributed by atoms with Crippen LogP contribution in [0, 0.1) is 17.3 Å². The van der Waals surface area contributed by atoms with Crippen LogP contribution in [-0.4, -0.2) is 42.5 Å². The monoisotopic (exact) mass is 365 g/mol. The van der Waals surface area contributed by atoms with Crippen molar-refractivity contribution in [3.05, 3.63) is 12.7 Å². The average molecular weight is 366 g/mol. The molecule has 1 saturated carbocycles. The van der Waals surface area contributed by atoms with Gasteiger partial charge in [0.2, 0.25) is 0 Å². The molecule has 0 aromatic rings. The summed E-state index contributed by atoms with van der Waals surface area (Å²) in [5.74, 6) is 1.28. The highest BCUT2D eigenvalue weighted by atomic mass is 16.7. The van der Waals surface area contributed by atoms with Crippen molar-refractivity contribution in [1.82, 2.24) is 4.90 Å². The van der Waals surface area contributed by atoms with Gasteiger partial charge in [0.15, 0.2) is 5.79 Å². The molecule has 1 aliphatic carbocycles. The van der Waals surface area contributed by atoms with E-state index < -0.39 is 0 Å². The van der Waals surface area contributed by atoms with Crippen LogP contribution in [0.5, 0.6) is 0 Å². The van der Waals surface area contributed by atoms with Crippen LogP contribution in [0.2, 0.25) is 0 Å². The average Bonchev–Trinajstić information content (AvgIpc) is 2.93. The van der Waals surface area contributed by atoms with Crippen LogP contribution in [0.15, 0.2) is 12.7 Å². The molecule has 2 fully saturated rings. The van der Waals surface area contributed by atoms with Gasteiger partial charge in [-0.15, -0.1) is 6.58 Å². The zero-order valence-corrected chi connectivity index (χ0v) is 18.2. The van der Waals surface area contributed by atoms with Gasteiger partial charge in [-0.1, -0.05) is 33.8 Å². The lowest BCUT2D eigenvalue weighted by Gasteiger charge is -2.43. The summed E-state index contributed by atoms with van der Waals surface area (Å²) < 4.78 is 12.7. The third-order valence-electron chi connectivity index (χ3n) is 6.53. The number of hydrogen-bond acceptors (Lipinski definition) is 3. The lowest BCUT2D eigenvalue weighted by Crippen LogP contribution is -2.40. The van der Waals surface area contributed by atoms with Crippen molar-refractivity contribution in [2.24, 2.45) is 17.3 Å². The molecule has 1 atom stereocenters. The van der Waals surface area contributed by atoms with Gasteiger partial charge in [-0.05, 0) is 56.8 Å². The molecule has 26 heavy (non-hydrogen) atoms. The van der Waals surface area contributed by atoms with Crippen molar-refractivity contribution < 1.29 is 9.47 Å². The first-order valence-corrected chi connectivity index (χ1v) is 10.8. The molecule has 1 aliphatic heterocycles. The van der Waals surface area contributed by atoms with Gasteiger partial charge in [0.25, 0.3) is 0 Å². The summed E-state index contributed by atoms with van der Waals surface area (Å²) in [5, 5.41) is 0. The summed E-state index contributed by atoms with van der Waals surface area (Å²) in [6.45, 7) is 20.7. The molecule has 0 aromatic heterocycles. The topological polar surface area (TPSA) is 21.7 Å². The first kappa shape index (κ1) is 21.9. The van der Waals surface area contributed by atoms with Gasteiger partial charge in [-0.2, -0.15) is 0 Å². The molecule has 0 N–H and O–H groups in total. The maximum absolute atomic E-state index is 6.47. The van der Waals surface area contributed by atoms with E-state index in [2.05, 4.69) is 53.0 Å². The Hall–Kier alpha value is -0.380. The fourth-order valence-electron chi connectivity index (χ4n) is 5.11. The molecule has 152 valence electrons. The second-order valence-electron chi connectivity index (χ2n) is 9.99. The van der Waals surface area contributed by atoms with E-state index in [4.69, 9.17) is 9.47 Å². The maximum atomic E-state index is 6.47. The summed E-state index contributed by atoms with van der Waals surface area (Å²) in [6, 6.07) is 0.544. The van der Waals surface area contributed by atoms with E-state index in [0.29, 0.717) is 11.5 Å². The maximum Gasteiger partial charge on any atom is 0.168 e. The van der Waals surface area contributed by atoms with Crippen LogP contribution >= 0.6 is 0 Å². The number of rotatable bonds is 9. The molecule has 0 bridgehead atoms. The summed E-state index contributed by atoms with van der Waals surface area (Å²) in [7, 11) is 0. The molecule has 1 saturated heterocycles. The van der Waals surface area contributed by atoms with E-state index in [0.717, 1.165) is 50.8 Å². The van der Waals surface area contributed by atoms with Gasteiger partial charge in [0.05, 0.1) is 12.7 Å². The Labute approximate surface area is 162 Å². The summed E-state index contributed by atoms with van der Waals surface area (Å²) >= 11 is 0. The molecule has 3 heteroatoms. The molecular formula is C23H43NO2. The van der Waals surface area contributed by atoms with E-state index in [1.54, 1.807) is 0 Å². The minimum absolute atomic E-state index is 0.251. The second-order valence-corrected chi connectivity index (χ2v) is 9.99. The summed E-state index contributed by atoms with van der Waals surface area (Å²) in [6.07, 6.45) is 9.21. The fraction of sp³-hybridized carbons (Fsp3) is 0.913. The van der Waals surface area contributed by atoms with Gasteiger partial charge < -0.3 is 9.47 Å². The van der Waals surface area contributed by atoms with Crippen LogP contribution < -0.4 is 0 Å². The van der Waals surface area contributed by atoms with E-state index in [1.165, 1.54) is 19.3 Å². The van der Waals surface area contributed by atoms with Crippen LogP contribution in [-0.2, 0) is 9.47 Å². The smallest absolute Gasteiger partial charge is 0.168 e. The Bertz CT molecular complexity index is 435. The van der Waals surface area contributed by atoms with Crippen molar-refractivity contribution in [3.63, 3.8) is 0 Å². The van der Waals surface area contributed by atoms with Crippen LogP contribution in [0.4, 0.5) is 0 Å². The van der Waals surface area contributed by atoms with Crippen molar-refractivity contribution >= 4 is 0 Å². The minimum Gasteiger partial charge on any atom is -0.347 e. The Kier molecular flexibility index (Phi) is 7.76. The Morgan fingerprint density at radius 3 is 2.38 bits per heavy atom. The predicted octanol–water partition coefficient (Wildman–Crippen LogP) is 5.65. The van der Waals surface area contributed by atoms with Crippen LogP contribution in [0.1, 0.15) is 80.1 Å². The van der Waals surface area contributed by atoms with Crippen molar-refractivity contribution in [2.75, 3.05) is 19.7 Å². The SMILES string of the molecule is C=CCN(CCC1COC2(CCC(C(C)(C)CC(C)C)CC2)O1)C(C)C. The summed E-state index contributed by atoms with van der Waals surface area (Å²) in [4.78, 5) is 2.45. The molecule has 3 nitrogen and oxygen atoms in total. The largest absolute Gasteiger partial charge is 0.347 e. The van der Waals surface area contributed by atoms with E-state index in [1.807, 2.05) is 6.08 Å². The first-order valence-electron chi connectivity index (χ1n) is 10.8. The normalized spacial score (nSPS) is 30.0. The van der Waals surface area contributed by atoms with Gasteiger partial charge in [0, 0.05) is 32.0 Å². The molecule has 2 aliphatic rings. The zero-order valence-electron chi connectivity index (χ0n) is 18.2. The van der Waals surface area contributed by atoms with E-state index >= 15 is 0 Å². The van der Waals surface area contributed by atoms with E-state index in [9.17, 15) is 0 Å². The number of nitrogens with zero attached hydrogens (tertiary/aromatic N) is 1. The lowest BCUT2D eigenvalue weighted by molar-refractivity contribution is -0.198. The highest BCUT2D eigenvalue weighted by Gasteiger charge is 2.46. The third-order valence-corrected chi connectivity index (χ3v) is 6.53. The Morgan fingerprint density at radius 1 is 1.19 bits per heavy atom. The second kappa shape index (κ2) is 9.21. The Balaban J connectivity index is 1.81. The molecule has 0 amide bonds. The molecule has 0 aromatic carbocycles. The Morgan fingerprint density at radius 2 is 1.85 bits per heavy atom. The quantitative estimate of drug-likeness (QED) is 0.493. The number of ether oxygens (including phenoxy) is 2. The van der Waals surface area contributed by atoms with Gasteiger partial charge in [0.1, 0.15) is 0 Å². The number of hydrogen-bond donors (Lipinski definition) is 0.